The van der Waals surface area contributed by atoms with E-state index < -0.39 is 0 Å². The Bertz CT molecular complexity index is 573. The van der Waals surface area contributed by atoms with E-state index in [0.717, 1.165) is 18.4 Å². The maximum absolute atomic E-state index is 6.01. The fraction of sp³-hybridized carbons (Fsp3) is 0.364. The molecule has 88 valence electrons. The van der Waals surface area contributed by atoms with Gasteiger partial charge in [-0.15, -0.1) is 5.10 Å². The molecule has 0 bridgehead atoms. The Morgan fingerprint density at radius 3 is 2.88 bits per heavy atom. The molecule has 0 aliphatic heterocycles. The lowest BCUT2D eigenvalue weighted by atomic mass is 10.1. The number of rotatable bonds is 2. The first kappa shape index (κ1) is 10.5. The van der Waals surface area contributed by atoms with Gasteiger partial charge >= 0.3 is 0 Å². The lowest BCUT2D eigenvalue weighted by Crippen LogP contribution is -2.16. The first-order valence-electron chi connectivity index (χ1n) is 5.45. The number of nitrogens with zero attached hydrogens (tertiary/aromatic N) is 4. The Morgan fingerprint density at radius 2 is 2.18 bits per heavy atom. The molecule has 0 amide bonds. The maximum atomic E-state index is 6.01. The Kier molecular flexibility index (Phi) is 2.13. The fourth-order valence-corrected chi connectivity index (χ4v) is 2.02. The second kappa shape index (κ2) is 3.43. The highest BCUT2D eigenvalue weighted by atomic mass is 35.5. The molecule has 1 aromatic heterocycles. The number of benzene rings is 1. The molecule has 0 spiro atoms. The third-order valence-corrected chi connectivity index (χ3v) is 3.58. The molecular weight excluding hydrogens is 238 g/mol. The summed E-state index contributed by atoms with van der Waals surface area (Å²) in [5.74, 6) is 0.685. The Balaban J connectivity index is 2.16. The second-order valence-corrected chi connectivity index (χ2v) is 5.02. The van der Waals surface area contributed by atoms with Crippen molar-refractivity contribution in [3.05, 3.63) is 23.2 Å². The van der Waals surface area contributed by atoms with Crippen LogP contribution >= 0.6 is 11.6 Å². The first-order chi connectivity index (χ1) is 8.12. The maximum Gasteiger partial charge on any atom is 0.184 e. The average Bonchev–Trinajstić information content (AvgIpc) is 2.88. The number of hydrogen-bond donors (Lipinski definition) is 1. The van der Waals surface area contributed by atoms with E-state index in [-0.39, 0.29) is 5.54 Å². The smallest absolute Gasteiger partial charge is 0.184 e. The van der Waals surface area contributed by atoms with E-state index in [4.69, 9.17) is 17.3 Å². The van der Waals surface area contributed by atoms with Crippen LogP contribution in [0, 0.1) is 0 Å². The van der Waals surface area contributed by atoms with Crippen LogP contribution in [0.4, 0.5) is 5.69 Å². The summed E-state index contributed by atoms with van der Waals surface area (Å²) < 4.78 is 1.84. The van der Waals surface area contributed by atoms with Crippen molar-refractivity contribution in [2.45, 2.75) is 25.3 Å². The Morgan fingerprint density at radius 1 is 1.41 bits per heavy atom. The zero-order valence-electron chi connectivity index (χ0n) is 9.39. The van der Waals surface area contributed by atoms with Gasteiger partial charge in [0.1, 0.15) is 0 Å². The SMILES string of the molecule is CC1(n2nnnc2-c2cccc(Cl)c2N)CC1. The van der Waals surface area contributed by atoms with Crippen LogP contribution in [0.25, 0.3) is 11.4 Å². The summed E-state index contributed by atoms with van der Waals surface area (Å²) in [6.45, 7) is 2.13. The second-order valence-electron chi connectivity index (χ2n) is 4.61. The van der Waals surface area contributed by atoms with Crippen LogP contribution in [-0.2, 0) is 5.54 Å². The van der Waals surface area contributed by atoms with Gasteiger partial charge in [-0.25, -0.2) is 4.68 Å². The quantitative estimate of drug-likeness (QED) is 0.828. The predicted molar refractivity (Wildman–Crippen MR) is 65.6 cm³/mol. The molecule has 0 radical (unpaired) electrons. The van der Waals surface area contributed by atoms with Gasteiger partial charge in [0.05, 0.1) is 16.2 Å². The topological polar surface area (TPSA) is 69.6 Å². The predicted octanol–water partition coefficient (Wildman–Crippen LogP) is 2.08. The third kappa shape index (κ3) is 1.58. The Hall–Kier alpha value is -1.62. The molecular formula is C11H12ClN5. The minimum atomic E-state index is 0.0353. The number of para-hydroxylation sites is 1. The highest BCUT2D eigenvalue weighted by Crippen LogP contribution is 2.44. The highest BCUT2D eigenvalue weighted by molar-refractivity contribution is 6.33. The van der Waals surface area contributed by atoms with E-state index in [9.17, 15) is 0 Å². The third-order valence-electron chi connectivity index (χ3n) is 3.25. The molecule has 2 aromatic rings. The number of halogens is 1. The highest BCUT2D eigenvalue weighted by Gasteiger charge is 2.42. The minimum Gasteiger partial charge on any atom is -0.397 e. The van der Waals surface area contributed by atoms with Crippen molar-refractivity contribution < 1.29 is 0 Å². The van der Waals surface area contributed by atoms with Crippen molar-refractivity contribution >= 4 is 17.3 Å². The van der Waals surface area contributed by atoms with Gasteiger partial charge in [0.15, 0.2) is 5.82 Å². The van der Waals surface area contributed by atoms with Crippen LogP contribution in [0.1, 0.15) is 19.8 Å². The monoisotopic (exact) mass is 249 g/mol. The van der Waals surface area contributed by atoms with Gasteiger partial charge in [-0.3, -0.25) is 0 Å². The van der Waals surface area contributed by atoms with E-state index in [2.05, 4.69) is 22.4 Å². The molecule has 6 heteroatoms. The number of aromatic nitrogens is 4. The molecule has 0 atom stereocenters. The van der Waals surface area contributed by atoms with Crippen LogP contribution < -0.4 is 5.73 Å². The van der Waals surface area contributed by atoms with E-state index >= 15 is 0 Å². The molecule has 1 fully saturated rings. The zero-order chi connectivity index (χ0) is 12.0. The zero-order valence-corrected chi connectivity index (χ0v) is 10.1. The molecule has 0 saturated heterocycles. The lowest BCUT2D eigenvalue weighted by molar-refractivity contribution is 0.463. The minimum absolute atomic E-state index is 0.0353. The Labute approximate surface area is 104 Å². The summed E-state index contributed by atoms with van der Waals surface area (Å²) in [6, 6.07) is 5.49. The van der Waals surface area contributed by atoms with Gasteiger partial charge < -0.3 is 5.73 Å². The van der Waals surface area contributed by atoms with Crippen molar-refractivity contribution in [1.29, 1.82) is 0 Å². The molecule has 17 heavy (non-hydrogen) atoms. The number of hydrogen-bond acceptors (Lipinski definition) is 4. The molecule has 1 aliphatic rings. The van der Waals surface area contributed by atoms with Crippen LogP contribution in [0.3, 0.4) is 0 Å². The number of tetrazole rings is 1. The van der Waals surface area contributed by atoms with E-state index in [1.165, 1.54) is 0 Å². The van der Waals surface area contributed by atoms with Crippen LogP contribution in [0.5, 0.6) is 0 Å². The molecule has 3 rings (SSSR count). The summed E-state index contributed by atoms with van der Waals surface area (Å²) in [4.78, 5) is 0. The summed E-state index contributed by atoms with van der Waals surface area (Å²) in [5, 5.41) is 12.4. The van der Waals surface area contributed by atoms with Gasteiger partial charge in [0.25, 0.3) is 0 Å². The molecule has 0 unspecified atom stereocenters. The summed E-state index contributed by atoms with van der Waals surface area (Å²) >= 11 is 6.01. The molecule has 5 nitrogen and oxygen atoms in total. The van der Waals surface area contributed by atoms with Gasteiger partial charge in [-0.05, 0) is 42.3 Å². The average molecular weight is 250 g/mol. The molecule has 1 aliphatic carbocycles. The molecule has 2 N–H and O–H groups in total. The fourth-order valence-electron chi connectivity index (χ4n) is 1.84. The summed E-state index contributed by atoms with van der Waals surface area (Å²) in [5.41, 5.74) is 7.31. The van der Waals surface area contributed by atoms with Crippen molar-refractivity contribution in [3.8, 4) is 11.4 Å². The van der Waals surface area contributed by atoms with Crippen LogP contribution in [0.2, 0.25) is 5.02 Å². The number of nitrogen functional groups attached to an aromatic ring is 1. The van der Waals surface area contributed by atoms with Gasteiger partial charge in [-0.1, -0.05) is 17.7 Å². The molecule has 1 heterocycles. The van der Waals surface area contributed by atoms with Gasteiger partial charge in [-0.2, -0.15) is 0 Å². The lowest BCUT2D eigenvalue weighted by Gasteiger charge is -2.12. The summed E-state index contributed by atoms with van der Waals surface area (Å²) in [7, 11) is 0. The summed E-state index contributed by atoms with van der Waals surface area (Å²) in [6.07, 6.45) is 2.18. The van der Waals surface area contributed by atoms with E-state index in [1.54, 1.807) is 6.07 Å². The normalized spacial score (nSPS) is 17.1. The van der Waals surface area contributed by atoms with Crippen LogP contribution in [0.15, 0.2) is 18.2 Å². The van der Waals surface area contributed by atoms with Crippen molar-refractivity contribution in [2.24, 2.45) is 0 Å². The van der Waals surface area contributed by atoms with Crippen molar-refractivity contribution in [1.82, 2.24) is 20.2 Å². The molecule has 1 saturated carbocycles. The largest absolute Gasteiger partial charge is 0.397 e. The van der Waals surface area contributed by atoms with E-state index in [1.807, 2.05) is 16.8 Å². The first-order valence-corrected chi connectivity index (χ1v) is 5.83. The van der Waals surface area contributed by atoms with E-state index in [0.29, 0.717) is 16.5 Å². The molecule has 1 aromatic carbocycles. The van der Waals surface area contributed by atoms with Crippen molar-refractivity contribution in [3.63, 3.8) is 0 Å². The standard InChI is InChI=1S/C11H12ClN5/c1-11(5-6-11)17-10(14-15-16-17)7-3-2-4-8(12)9(7)13/h2-4H,5-6,13H2,1H3. The van der Waals surface area contributed by atoms with Crippen LogP contribution in [-0.4, -0.2) is 20.2 Å². The van der Waals surface area contributed by atoms with Crippen molar-refractivity contribution in [2.75, 3.05) is 5.73 Å². The van der Waals surface area contributed by atoms with Gasteiger partial charge in [0, 0.05) is 5.56 Å². The number of nitrogens with two attached hydrogens (primary N) is 1. The van der Waals surface area contributed by atoms with Gasteiger partial charge in [0.2, 0.25) is 0 Å². The number of anilines is 1.